The van der Waals surface area contributed by atoms with Crippen molar-refractivity contribution < 1.29 is 13.5 Å². The zero-order valence-electron chi connectivity index (χ0n) is 9.89. The predicted molar refractivity (Wildman–Crippen MR) is 70.6 cm³/mol. The average molecular weight is 284 g/mol. The Hall–Kier alpha value is -1.65. The molecule has 1 unspecified atom stereocenters. The molecule has 0 bridgehead atoms. The monoisotopic (exact) mass is 283 g/mol. The summed E-state index contributed by atoms with van der Waals surface area (Å²) in [5.74, 6) is 0.0787. The van der Waals surface area contributed by atoms with Crippen LogP contribution < -0.4 is 10.5 Å². The zero-order valence-corrected chi connectivity index (χ0v) is 10.6. The van der Waals surface area contributed by atoms with Crippen LogP contribution in [0, 0.1) is 0 Å². The van der Waals surface area contributed by atoms with E-state index in [1.54, 1.807) is 30.3 Å². The van der Waals surface area contributed by atoms with Crippen LogP contribution in [0.4, 0.5) is 8.78 Å². The summed E-state index contributed by atoms with van der Waals surface area (Å²) >= 11 is 6.06. The lowest BCUT2D eigenvalue weighted by atomic mass is 9.99. The number of ether oxygens (including phenoxy) is 1. The minimum Gasteiger partial charge on any atom is -0.435 e. The van der Waals surface area contributed by atoms with Gasteiger partial charge in [-0.2, -0.15) is 8.78 Å². The lowest BCUT2D eigenvalue weighted by Gasteiger charge is -2.15. The van der Waals surface area contributed by atoms with Crippen molar-refractivity contribution >= 4 is 11.6 Å². The smallest absolute Gasteiger partial charge is 0.387 e. The summed E-state index contributed by atoms with van der Waals surface area (Å²) < 4.78 is 28.7. The van der Waals surface area contributed by atoms with Gasteiger partial charge in [0.1, 0.15) is 5.75 Å². The van der Waals surface area contributed by atoms with Gasteiger partial charge in [0.15, 0.2) is 0 Å². The molecule has 0 heterocycles. The molecule has 2 aromatic carbocycles. The second-order valence-electron chi connectivity index (χ2n) is 3.95. The highest BCUT2D eigenvalue weighted by molar-refractivity contribution is 6.31. The Labute approximate surface area is 114 Å². The van der Waals surface area contributed by atoms with Gasteiger partial charge in [-0.25, -0.2) is 0 Å². The first-order valence-corrected chi connectivity index (χ1v) is 6.00. The van der Waals surface area contributed by atoms with Crippen molar-refractivity contribution in [2.75, 3.05) is 0 Å². The van der Waals surface area contributed by atoms with Gasteiger partial charge in [-0.05, 0) is 29.3 Å². The van der Waals surface area contributed by atoms with E-state index in [1.807, 2.05) is 6.07 Å². The first-order chi connectivity index (χ1) is 9.08. The highest BCUT2D eigenvalue weighted by Crippen LogP contribution is 2.28. The largest absolute Gasteiger partial charge is 0.435 e. The second-order valence-corrected chi connectivity index (χ2v) is 4.36. The Balaban J connectivity index is 2.29. The molecule has 0 saturated carbocycles. The lowest BCUT2D eigenvalue weighted by Crippen LogP contribution is -2.12. The Bertz CT molecular complexity index is 563. The molecule has 0 saturated heterocycles. The third-order valence-corrected chi connectivity index (χ3v) is 3.03. The number of hydrogen-bond donors (Lipinski definition) is 1. The fourth-order valence-corrected chi connectivity index (χ4v) is 2.04. The van der Waals surface area contributed by atoms with Crippen molar-refractivity contribution in [2.45, 2.75) is 12.7 Å². The molecule has 0 radical (unpaired) electrons. The lowest BCUT2D eigenvalue weighted by molar-refractivity contribution is -0.0498. The van der Waals surface area contributed by atoms with Gasteiger partial charge in [0, 0.05) is 5.02 Å². The van der Waals surface area contributed by atoms with Gasteiger partial charge < -0.3 is 10.5 Å². The van der Waals surface area contributed by atoms with Gasteiger partial charge in [-0.3, -0.25) is 0 Å². The molecule has 0 fully saturated rings. The summed E-state index contributed by atoms with van der Waals surface area (Å²) in [4.78, 5) is 0. The molecule has 19 heavy (non-hydrogen) atoms. The molecule has 2 rings (SSSR count). The number of rotatable bonds is 4. The maximum Gasteiger partial charge on any atom is 0.387 e. The van der Waals surface area contributed by atoms with Crippen molar-refractivity contribution in [3.63, 3.8) is 0 Å². The molecule has 0 aliphatic carbocycles. The van der Waals surface area contributed by atoms with E-state index >= 15 is 0 Å². The van der Waals surface area contributed by atoms with Crippen LogP contribution in [-0.4, -0.2) is 6.61 Å². The molecule has 5 heteroatoms. The van der Waals surface area contributed by atoms with Crippen LogP contribution in [0.2, 0.25) is 5.02 Å². The van der Waals surface area contributed by atoms with Crippen LogP contribution in [0.1, 0.15) is 17.2 Å². The van der Waals surface area contributed by atoms with Crippen LogP contribution in [0.3, 0.4) is 0 Å². The molecular weight excluding hydrogens is 272 g/mol. The van der Waals surface area contributed by atoms with Crippen molar-refractivity contribution in [1.82, 2.24) is 0 Å². The van der Waals surface area contributed by atoms with Crippen LogP contribution in [0.5, 0.6) is 5.75 Å². The number of nitrogens with two attached hydrogens (primary N) is 1. The highest BCUT2D eigenvalue weighted by atomic mass is 35.5. The highest BCUT2D eigenvalue weighted by Gasteiger charge is 2.13. The summed E-state index contributed by atoms with van der Waals surface area (Å²) in [6, 6.07) is 13.0. The number of hydrogen-bond acceptors (Lipinski definition) is 2. The van der Waals surface area contributed by atoms with E-state index in [1.165, 1.54) is 12.1 Å². The van der Waals surface area contributed by atoms with E-state index in [0.29, 0.717) is 10.6 Å². The van der Waals surface area contributed by atoms with Crippen LogP contribution in [0.15, 0.2) is 48.5 Å². The number of benzene rings is 2. The van der Waals surface area contributed by atoms with Crippen LogP contribution in [0.25, 0.3) is 0 Å². The summed E-state index contributed by atoms with van der Waals surface area (Å²) in [5, 5.41) is 0.537. The summed E-state index contributed by atoms with van der Waals surface area (Å²) in [6.07, 6.45) is 0. The van der Waals surface area contributed by atoms with E-state index in [9.17, 15) is 8.78 Å². The van der Waals surface area contributed by atoms with Crippen molar-refractivity contribution in [3.8, 4) is 5.75 Å². The third-order valence-electron chi connectivity index (χ3n) is 2.68. The number of halogens is 3. The Morgan fingerprint density at radius 1 is 1.05 bits per heavy atom. The van der Waals surface area contributed by atoms with Gasteiger partial charge >= 0.3 is 6.61 Å². The molecule has 2 aromatic rings. The molecule has 0 aliphatic rings. The van der Waals surface area contributed by atoms with E-state index in [-0.39, 0.29) is 5.75 Å². The fraction of sp³-hybridized carbons (Fsp3) is 0.143. The molecular formula is C14H12ClF2NO. The topological polar surface area (TPSA) is 35.2 Å². The molecule has 100 valence electrons. The maximum absolute atomic E-state index is 12.2. The Kier molecular flexibility index (Phi) is 4.35. The van der Waals surface area contributed by atoms with E-state index in [2.05, 4.69) is 4.74 Å². The van der Waals surface area contributed by atoms with Crippen LogP contribution >= 0.6 is 11.6 Å². The normalized spacial score (nSPS) is 12.5. The SMILES string of the molecule is NC(c1cccc(OC(F)F)c1)c1ccccc1Cl. The van der Waals surface area contributed by atoms with Gasteiger partial charge in [0.05, 0.1) is 6.04 Å². The molecule has 0 aliphatic heterocycles. The van der Waals surface area contributed by atoms with E-state index < -0.39 is 12.7 Å². The standard InChI is InChI=1S/C14H12ClF2NO/c15-12-7-2-1-6-11(12)13(18)9-4-3-5-10(8-9)19-14(16)17/h1-8,13-14H,18H2. The minimum absolute atomic E-state index is 0.0787. The molecule has 2 N–H and O–H groups in total. The number of alkyl halides is 2. The second kappa shape index (κ2) is 5.99. The van der Waals surface area contributed by atoms with Gasteiger partial charge in [-0.15, -0.1) is 0 Å². The molecule has 2 nitrogen and oxygen atoms in total. The zero-order chi connectivity index (χ0) is 13.8. The summed E-state index contributed by atoms with van der Waals surface area (Å²) in [7, 11) is 0. The molecule has 0 amide bonds. The van der Waals surface area contributed by atoms with E-state index in [0.717, 1.165) is 5.56 Å². The molecule has 0 aromatic heterocycles. The molecule has 0 spiro atoms. The summed E-state index contributed by atoms with van der Waals surface area (Å²) in [5.41, 5.74) is 7.48. The summed E-state index contributed by atoms with van der Waals surface area (Å²) in [6.45, 7) is -2.85. The first kappa shape index (κ1) is 13.8. The fourth-order valence-electron chi connectivity index (χ4n) is 1.79. The third kappa shape index (κ3) is 3.43. The minimum atomic E-state index is -2.85. The van der Waals surface area contributed by atoms with Crippen molar-refractivity contribution in [3.05, 3.63) is 64.7 Å². The van der Waals surface area contributed by atoms with Crippen molar-refractivity contribution in [1.29, 1.82) is 0 Å². The van der Waals surface area contributed by atoms with Gasteiger partial charge in [0.25, 0.3) is 0 Å². The van der Waals surface area contributed by atoms with Gasteiger partial charge in [0.2, 0.25) is 0 Å². The molecule has 1 atom stereocenters. The first-order valence-electron chi connectivity index (χ1n) is 5.62. The predicted octanol–water partition coefficient (Wildman–Crippen LogP) is 3.99. The maximum atomic E-state index is 12.2. The Morgan fingerprint density at radius 3 is 2.47 bits per heavy atom. The van der Waals surface area contributed by atoms with E-state index in [4.69, 9.17) is 17.3 Å². The van der Waals surface area contributed by atoms with Crippen molar-refractivity contribution in [2.24, 2.45) is 5.73 Å². The van der Waals surface area contributed by atoms with Gasteiger partial charge in [-0.1, -0.05) is 41.9 Å². The average Bonchev–Trinajstić information content (AvgIpc) is 2.38. The van der Waals surface area contributed by atoms with Crippen LogP contribution in [-0.2, 0) is 0 Å². The quantitative estimate of drug-likeness (QED) is 0.921. The Morgan fingerprint density at radius 2 is 1.79 bits per heavy atom.